The molecule has 0 aliphatic heterocycles. The number of hydrogen-bond donors (Lipinski definition) is 0. The number of rotatable bonds is 8. The molecule has 1 unspecified atom stereocenters. The fourth-order valence-corrected chi connectivity index (χ4v) is 3.28. The van der Waals surface area contributed by atoms with Crippen molar-refractivity contribution in [2.75, 3.05) is 6.61 Å². The maximum atomic E-state index is 11.4. The lowest BCUT2D eigenvalue weighted by molar-refractivity contribution is 0.231. The van der Waals surface area contributed by atoms with Crippen LogP contribution in [0.5, 0.6) is 5.75 Å². The second-order valence-corrected chi connectivity index (χ2v) is 8.12. The van der Waals surface area contributed by atoms with Gasteiger partial charge in [-0.15, -0.1) is 0 Å². The third kappa shape index (κ3) is 5.51. The predicted molar refractivity (Wildman–Crippen MR) is 87.8 cm³/mol. The van der Waals surface area contributed by atoms with Gasteiger partial charge in [0.1, 0.15) is 5.75 Å². The maximum absolute atomic E-state index is 11.4. The van der Waals surface area contributed by atoms with Gasteiger partial charge in [0.2, 0.25) is 0 Å². The van der Waals surface area contributed by atoms with Crippen molar-refractivity contribution in [3.63, 3.8) is 0 Å². The topological polar surface area (TPSA) is 43.4 Å². The quantitative estimate of drug-likeness (QED) is 0.640. The van der Waals surface area contributed by atoms with E-state index in [9.17, 15) is 8.42 Å². The molecule has 0 saturated heterocycles. The summed E-state index contributed by atoms with van der Waals surface area (Å²) in [5, 5.41) is 0. The molecule has 0 aromatic heterocycles. The van der Waals surface area contributed by atoms with Gasteiger partial charge < -0.3 is 4.74 Å². The molecule has 0 spiro atoms. The molecular formula is C16H25ClO3S. The molecule has 0 amide bonds. The minimum atomic E-state index is -3.70. The highest BCUT2D eigenvalue weighted by Crippen LogP contribution is 2.29. The monoisotopic (exact) mass is 332 g/mol. The van der Waals surface area contributed by atoms with Crippen LogP contribution in [-0.2, 0) is 9.05 Å². The summed E-state index contributed by atoms with van der Waals surface area (Å²) in [6.45, 7) is 8.73. The second-order valence-electron chi connectivity index (χ2n) is 5.55. The third-order valence-corrected chi connectivity index (χ3v) is 5.06. The van der Waals surface area contributed by atoms with Crippen molar-refractivity contribution in [2.24, 2.45) is 5.92 Å². The van der Waals surface area contributed by atoms with Gasteiger partial charge in [0.15, 0.2) is 0 Å². The lowest BCUT2D eigenvalue weighted by Gasteiger charge is -2.18. The van der Waals surface area contributed by atoms with E-state index < -0.39 is 9.05 Å². The van der Waals surface area contributed by atoms with Crippen molar-refractivity contribution in [3.05, 3.63) is 23.3 Å². The van der Waals surface area contributed by atoms with Crippen LogP contribution in [0, 0.1) is 19.8 Å². The summed E-state index contributed by atoms with van der Waals surface area (Å²) >= 11 is 0. The Kier molecular flexibility index (Phi) is 7.01. The summed E-state index contributed by atoms with van der Waals surface area (Å²) in [5.41, 5.74) is 1.61. The van der Waals surface area contributed by atoms with E-state index in [4.69, 9.17) is 15.4 Å². The number of hydrogen-bond acceptors (Lipinski definition) is 3. The molecule has 21 heavy (non-hydrogen) atoms. The Morgan fingerprint density at radius 2 is 1.76 bits per heavy atom. The van der Waals surface area contributed by atoms with Crippen molar-refractivity contribution >= 4 is 19.7 Å². The number of aryl methyl sites for hydroxylation is 2. The predicted octanol–water partition coefficient (Wildman–Crippen LogP) is 4.83. The molecule has 1 rings (SSSR count). The van der Waals surface area contributed by atoms with Gasteiger partial charge in [0.05, 0.1) is 11.5 Å². The molecule has 0 aliphatic rings. The van der Waals surface area contributed by atoms with Gasteiger partial charge in [-0.05, 0) is 49.4 Å². The van der Waals surface area contributed by atoms with Gasteiger partial charge in [-0.25, -0.2) is 8.42 Å². The average Bonchev–Trinajstić information content (AvgIpc) is 2.40. The van der Waals surface area contributed by atoms with Crippen molar-refractivity contribution in [1.82, 2.24) is 0 Å². The molecule has 0 N–H and O–H groups in total. The van der Waals surface area contributed by atoms with Crippen molar-refractivity contribution in [3.8, 4) is 5.75 Å². The van der Waals surface area contributed by atoms with E-state index in [0.29, 0.717) is 12.5 Å². The Morgan fingerprint density at radius 3 is 2.19 bits per heavy atom. The van der Waals surface area contributed by atoms with Crippen molar-refractivity contribution < 1.29 is 13.2 Å². The highest BCUT2D eigenvalue weighted by molar-refractivity contribution is 8.13. The largest absolute Gasteiger partial charge is 0.493 e. The molecule has 0 fully saturated rings. The Balaban J connectivity index is 2.85. The summed E-state index contributed by atoms with van der Waals surface area (Å²) < 4.78 is 28.8. The molecule has 120 valence electrons. The van der Waals surface area contributed by atoms with Crippen LogP contribution in [0.25, 0.3) is 0 Å². The van der Waals surface area contributed by atoms with Gasteiger partial charge in [-0.2, -0.15) is 0 Å². The van der Waals surface area contributed by atoms with Gasteiger partial charge >= 0.3 is 0 Å². The Labute approximate surface area is 133 Å². The number of ether oxygens (including phenoxy) is 1. The molecule has 5 heteroatoms. The van der Waals surface area contributed by atoms with Crippen LogP contribution in [0.2, 0.25) is 0 Å². The summed E-state index contributed by atoms with van der Waals surface area (Å²) in [6.07, 6.45) is 4.66. The van der Waals surface area contributed by atoms with E-state index in [-0.39, 0.29) is 4.90 Å². The van der Waals surface area contributed by atoms with E-state index in [2.05, 4.69) is 13.8 Å². The Bertz CT molecular complexity index is 544. The van der Waals surface area contributed by atoms with Crippen LogP contribution in [0.15, 0.2) is 17.0 Å². The smallest absolute Gasteiger partial charge is 0.261 e. The Morgan fingerprint density at radius 1 is 1.19 bits per heavy atom. The maximum Gasteiger partial charge on any atom is 0.261 e. The number of unbranched alkanes of at least 4 members (excludes halogenated alkanes) is 1. The summed E-state index contributed by atoms with van der Waals surface area (Å²) in [4.78, 5) is 0.129. The zero-order valence-corrected chi connectivity index (χ0v) is 14.9. The molecule has 3 nitrogen and oxygen atoms in total. The molecule has 1 aromatic carbocycles. The minimum absolute atomic E-state index is 0.129. The lowest BCUT2D eigenvalue weighted by atomic mass is 10.0. The average molecular weight is 333 g/mol. The van der Waals surface area contributed by atoms with E-state index in [1.54, 1.807) is 12.1 Å². The van der Waals surface area contributed by atoms with Crippen LogP contribution in [0.1, 0.15) is 50.7 Å². The molecule has 0 heterocycles. The molecule has 0 radical (unpaired) electrons. The van der Waals surface area contributed by atoms with Crippen LogP contribution in [0.4, 0.5) is 0 Å². The fourth-order valence-electron chi connectivity index (χ4n) is 2.38. The summed E-state index contributed by atoms with van der Waals surface area (Å²) in [7, 11) is 1.70. The van der Waals surface area contributed by atoms with Crippen molar-refractivity contribution in [2.45, 2.75) is 58.3 Å². The third-order valence-electron chi connectivity index (χ3n) is 3.72. The number of benzene rings is 1. The molecule has 1 atom stereocenters. The van der Waals surface area contributed by atoms with E-state index in [0.717, 1.165) is 23.3 Å². The minimum Gasteiger partial charge on any atom is -0.493 e. The first-order chi connectivity index (χ1) is 9.79. The summed E-state index contributed by atoms with van der Waals surface area (Å²) in [5.74, 6) is 1.31. The SMILES string of the molecule is CCCCC(CC)COc1c(C)cc(S(=O)(=O)Cl)cc1C. The van der Waals surface area contributed by atoms with Crippen LogP contribution in [0.3, 0.4) is 0 Å². The van der Waals surface area contributed by atoms with Crippen LogP contribution in [-0.4, -0.2) is 15.0 Å². The van der Waals surface area contributed by atoms with Gasteiger partial charge in [0, 0.05) is 10.7 Å². The second kappa shape index (κ2) is 8.04. The first-order valence-corrected chi connectivity index (χ1v) is 9.79. The van der Waals surface area contributed by atoms with E-state index in [1.165, 1.54) is 19.3 Å². The highest BCUT2D eigenvalue weighted by atomic mass is 35.7. The standard InChI is InChI=1S/C16H25ClO3S/c1-5-7-8-14(6-2)11-20-16-12(3)9-15(10-13(16)4)21(17,18)19/h9-10,14H,5-8,11H2,1-4H3. The highest BCUT2D eigenvalue weighted by Gasteiger charge is 2.16. The van der Waals surface area contributed by atoms with E-state index >= 15 is 0 Å². The van der Waals surface area contributed by atoms with Gasteiger partial charge in [-0.3, -0.25) is 0 Å². The number of halogens is 1. The fraction of sp³-hybridized carbons (Fsp3) is 0.625. The van der Waals surface area contributed by atoms with Crippen LogP contribution < -0.4 is 4.74 Å². The first kappa shape index (κ1) is 18.3. The first-order valence-electron chi connectivity index (χ1n) is 7.48. The van der Waals surface area contributed by atoms with Crippen molar-refractivity contribution in [1.29, 1.82) is 0 Å². The Hall–Kier alpha value is -0.740. The molecular weight excluding hydrogens is 308 g/mol. The molecule has 0 bridgehead atoms. The molecule has 0 saturated carbocycles. The zero-order chi connectivity index (χ0) is 16.0. The summed E-state index contributed by atoms with van der Waals surface area (Å²) in [6, 6.07) is 3.13. The lowest BCUT2D eigenvalue weighted by Crippen LogP contribution is -2.12. The molecule has 0 aliphatic carbocycles. The normalized spacial score (nSPS) is 13.2. The van der Waals surface area contributed by atoms with E-state index in [1.807, 2.05) is 13.8 Å². The van der Waals surface area contributed by atoms with Gasteiger partial charge in [0.25, 0.3) is 9.05 Å². The molecule has 1 aromatic rings. The van der Waals surface area contributed by atoms with Gasteiger partial charge in [-0.1, -0.05) is 33.1 Å². The zero-order valence-electron chi connectivity index (χ0n) is 13.3. The van der Waals surface area contributed by atoms with Crippen LogP contribution >= 0.6 is 10.7 Å².